The topological polar surface area (TPSA) is 57.5 Å². The molecule has 3 nitrogen and oxygen atoms in total. The summed E-state index contributed by atoms with van der Waals surface area (Å²) in [6.45, 7) is 3.80. The van der Waals surface area contributed by atoms with Gasteiger partial charge in [-0.1, -0.05) is 6.92 Å². The fourth-order valence-electron chi connectivity index (χ4n) is 1.60. The van der Waals surface area contributed by atoms with Gasteiger partial charge in [0.05, 0.1) is 6.10 Å². The van der Waals surface area contributed by atoms with E-state index in [1.165, 1.54) is 11.3 Å². The molecule has 4 heteroatoms. The first-order valence-electron chi connectivity index (χ1n) is 4.94. The zero-order valence-electron chi connectivity index (χ0n) is 8.93. The van der Waals surface area contributed by atoms with Crippen LogP contribution in [0.15, 0.2) is 11.4 Å². The van der Waals surface area contributed by atoms with Crippen LogP contribution in [0.1, 0.15) is 36.3 Å². The van der Waals surface area contributed by atoms with Gasteiger partial charge >= 0.3 is 5.97 Å². The number of rotatable bonds is 5. The number of hydrogen-bond donors (Lipinski definition) is 2. The third-order valence-electron chi connectivity index (χ3n) is 2.35. The normalized spacial score (nSPS) is 14.9. The fourth-order valence-corrected chi connectivity index (χ4v) is 2.52. The van der Waals surface area contributed by atoms with E-state index < -0.39 is 12.1 Å². The summed E-state index contributed by atoms with van der Waals surface area (Å²) in [6, 6.07) is 1.96. The maximum atomic E-state index is 10.5. The largest absolute Gasteiger partial charge is 0.481 e. The first-order valence-corrected chi connectivity index (χ1v) is 5.82. The lowest BCUT2D eigenvalue weighted by atomic mass is 9.98. The van der Waals surface area contributed by atoms with Crippen LogP contribution in [0.4, 0.5) is 0 Å². The van der Waals surface area contributed by atoms with Crippen LogP contribution in [-0.4, -0.2) is 16.2 Å². The third kappa shape index (κ3) is 3.64. The van der Waals surface area contributed by atoms with Gasteiger partial charge in [-0.15, -0.1) is 11.3 Å². The SMILES string of the molecule is Cc1ccsc1C(O)CC(C)CC(=O)O. The van der Waals surface area contributed by atoms with E-state index in [0.29, 0.717) is 6.42 Å². The number of carboxylic acid groups (broad SMARTS) is 1. The lowest BCUT2D eigenvalue weighted by Crippen LogP contribution is -2.08. The molecule has 0 spiro atoms. The summed E-state index contributed by atoms with van der Waals surface area (Å²) in [5.41, 5.74) is 1.08. The van der Waals surface area contributed by atoms with Crippen molar-refractivity contribution in [3.05, 3.63) is 21.9 Å². The van der Waals surface area contributed by atoms with Crippen molar-refractivity contribution in [2.45, 2.75) is 32.8 Å². The van der Waals surface area contributed by atoms with Crippen LogP contribution in [0.5, 0.6) is 0 Å². The van der Waals surface area contributed by atoms with Gasteiger partial charge < -0.3 is 10.2 Å². The zero-order chi connectivity index (χ0) is 11.4. The molecule has 0 fully saturated rings. The Bertz CT molecular complexity index is 332. The summed E-state index contributed by atoms with van der Waals surface area (Å²) < 4.78 is 0. The molecule has 2 atom stereocenters. The minimum atomic E-state index is -0.808. The van der Waals surface area contributed by atoms with Gasteiger partial charge in [-0.2, -0.15) is 0 Å². The number of aliphatic hydroxyl groups is 1. The van der Waals surface area contributed by atoms with E-state index in [-0.39, 0.29) is 12.3 Å². The molecule has 84 valence electrons. The summed E-state index contributed by atoms with van der Waals surface area (Å²) in [5, 5.41) is 20.4. The fraction of sp³-hybridized carbons (Fsp3) is 0.545. The van der Waals surface area contributed by atoms with Crippen molar-refractivity contribution in [3.63, 3.8) is 0 Å². The molecule has 15 heavy (non-hydrogen) atoms. The molecular weight excluding hydrogens is 212 g/mol. The molecule has 0 saturated heterocycles. The van der Waals surface area contributed by atoms with E-state index in [1.54, 1.807) is 0 Å². The number of hydrogen-bond acceptors (Lipinski definition) is 3. The van der Waals surface area contributed by atoms with Crippen molar-refractivity contribution < 1.29 is 15.0 Å². The second-order valence-electron chi connectivity index (χ2n) is 3.92. The molecule has 2 N–H and O–H groups in total. The Morgan fingerprint density at radius 1 is 1.60 bits per heavy atom. The minimum Gasteiger partial charge on any atom is -0.481 e. The Morgan fingerprint density at radius 2 is 2.27 bits per heavy atom. The van der Waals surface area contributed by atoms with Crippen molar-refractivity contribution in [1.82, 2.24) is 0 Å². The molecule has 1 rings (SSSR count). The van der Waals surface area contributed by atoms with Crippen LogP contribution in [0.2, 0.25) is 0 Å². The highest BCUT2D eigenvalue weighted by Gasteiger charge is 2.17. The predicted octanol–water partition coefficient (Wildman–Crippen LogP) is 2.59. The van der Waals surface area contributed by atoms with Gasteiger partial charge in [0.15, 0.2) is 0 Å². The maximum Gasteiger partial charge on any atom is 0.303 e. The van der Waals surface area contributed by atoms with Crippen molar-refractivity contribution >= 4 is 17.3 Å². The van der Waals surface area contributed by atoms with Crippen LogP contribution in [0.25, 0.3) is 0 Å². The Labute approximate surface area is 93.4 Å². The highest BCUT2D eigenvalue weighted by molar-refractivity contribution is 7.10. The predicted molar refractivity (Wildman–Crippen MR) is 60.0 cm³/mol. The van der Waals surface area contributed by atoms with Crippen molar-refractivity contribution in [3.8, 4) is 0 Å². The second-order valence-corrected chi connectivity index (χ2v) is 4.87. The zero-order valence-corrected chi connectivity index (χ0v) is 9.75. The highest BCUT2D eigenvalue weighted by Crippen LogP contribution is 2.29. The van der Waals surface area contributed by atoms with Gasteiger partial charge in [0.2, 0.25) is 0 Å². The van der Waals surface area contributed by atoms with E-state index in [4.69, 9.17) is 5.11 Å². The van der Waals surface area contributed by atoms with Crippen molar-refractivity contribution in [2.75, 3.05) is 0 Å². The smallest absolute Gasteiger partial charge is 0.303 e. The first kappa shape index (κ1) is 12.2. The Balaban J connectivity index is 2.52. The van der Waals surface area contributed by atoms with E-state index in [0.717, 1.165) is 10.4 Å². The minimum absolute atomic E-state index is 0.000926. The summed E-state index contributed by atoms with van der Waals surface area (Å²) in [7, 11) is 0. The van der Waals surface area contributed by atoms with Crippen molar-refractivity contribution in [1.29, 1.82) is 0 Å². The first-order chi connectivity index (χ1) is 7.00. The molecule has 0 radical (unpaired) electrons. The number of carbonyl (C=O) groups is 1. The number of thiophene rings is 1. The molecule has 1 heterocycles. The molecule has 0 saturated carbocycles. The maximum absolute atomic E-state index is 10.5. The molecule has 0 aliphatic carbocycles. The lowest BCUT2D eigenvalue weighted by Gasteiger charge is -2.14. The molecule has 0 bridgehead atoms. The molecule has 0 aromatic carbocycles. The van der Waals surface area contributed by atoms with Gasteiger partial charge in [0.1, 0.15) is 0 Å². The van der Waals surface area contributed by atoms with Crippen LogP contribution in [-0.2, 0) is 4.79 Å². The molecule has 2 unspecified atom stereocenters. The lowest BCUT2D eigenvalue weighted by molar-refractivity contribution is -0.138. The van der Waals surface area contributed by atoms with E-state index >= 15 is 0 Å². The van der Waals surface area contributed by atoms with Crippen LogP contribution in [0.3, 0.4) is 0 Å². The van der Waals surface area contributed by atoms with Crippen molar-refractivity contribution in [2.24, 2.45) is 5.92 Å². The molecule has 0 amide bonds. The van der Waals surface area contributed by atoms with Crippen LogP contribution in [0, 0.1) is 12.8 Å². The van der Waals surface area contributed by atoms with E-state index in [1.807, 2.05) is 25.3 Å². The Morgan fingerprint density at radius 3 is 2.73 bits per heavy atom. The van der Waals surface area contributed by atoms with Gasteiger partial charge in [-0.3, -0.25) is 4.79 Å². The Kier molecular flexibility index (Phi) is 4.29. The highest BCUT2D eigenvalue weighted by atomic mass is 32.1. The van der Waals surface area contributed by atoms with Gasteiger partial charge in [0, 0.05) is 11.3 Å². The summed E-state index contributed by atoms with van der Waals surface area (Å²) in [5.74, 6) is -0.809. The monoisotopic (exact) mass is 228 g/mol. The third-order valence-corrected chi connectivity index (χ3v) is 3.47. The van der Waals surface area contributed by atoms with E-state index in [2.05, 4.69) is 0 Å². The number of aliphatic carboxylic acids is 1. The standard InChI is InChI=1S/C11H16O3S/c1-7(6-10(13)14)5-9(12)11-8(2)3-4-15-11/h3-4,7,9,12H,5-6H2,1-2H3,(H,13,14). The van der Waals surface area contributed by atoms with Gasteiger partial charge in [-0.25, -0.2) is 0 Å². The van der Waals surface area contributed by atoms with E-state index in [9.17, 15) is 9.90 Å². The number of aryl methyl sites for hydroxylation is 1. The molecular formula is C11H16O3S. The molecule has 0 aliphatic heterocycles. The Hall–Kier alpha value is -0.870. The number of carboxylic acids is 1. The quantitative estimate of drug-likeness (QED) is 0.814. The van der Waals surface area contributed by atoms with Crippen LogP contribution >= 0.6 is 11.3 Å². The average Bonchev–Trinajstić information content (AvgIpc) is 2.49. The molecule has 1 aromatic heterocycles. The molecule has 1 aromatic rings. The average molecular weight is 228 g/mol. The summed E-state index contributed by atoms with van der Waals surface area (Å²) >= 11 is 1.52. The summed E-state index contributed by atoms with van der Waals surface area (Å²) in [4.78, 5) is 11.4. The molecule has 0 aliphatic rings. The van der Waals surface area contributed by atoms with Crippen LogP contribution < -0.4 is 0 Å². The van der Waals surface area contributed by atoms with Gasteiger partial charge in [-0.05, 0) is 36.3 Å². The summed E-state index contributed by atoms with van der Waals surface area (Å²) in [6.07, 6.45) is 0.0918. The second kappa shape index (κ2) is 5.28. The van der Waals surface area contributed by atoms with Gasteiger partial charge in [0.25, 0.3) is 0 Å². The number of aliphatic hydroxyl groups excluding tert-OH is 1.